The Labute approximate surface area is 114 Å². The Morgan fingerprint density at radius 1 is 1.39 bits per heavy atom. The summed E-state index contributed by atoms with van der Waals surface area (Å²) in [6, 6.07) is 4.19. The average Bonchev–Trinajstić information content (AvgIpc) is 2.68. The molecule has 0 aromatic heterocycles. The van der Waals surface area contributed by atoms with E-state index in [1.165, 1.54) is 23.3 Å². The van der Waals surface area contributed by atoms with Crippen LogP contribution in [-0.2, 0) is 0 Å². The van der Waals surface area contributed by atoms with Gasteiger partial charge in [-0.2, -0.15) is 11.8 Å². The maximum atomic E-state index is 10.1. The number of hydrogen-bond acceptors (Lipinski definition) is 3. The molecule has 0 fully saturated rings. The summed E-state index contributed by atoms with van der Waals surface area (Å²) in [6.07, 6.45) is 4.43. The van der Waals surface area contributed by atoms with Crippen molar-refractivity contribution < 1.29 is 5.11 Å². The van der Waals surface area contributed by atoms with E-state index in [2.05, 4.69) is 25.4 Å². The van der Waals surface area contributed by atoms with Gasteiger partial charge < -0.3 is 10.4 Å². The summed E-state index contributed by atoms with van der Waals surface area (Å²) in [5, 5.41) is 13.7. The summed E-state index contributed by atoms with van der Waals surface area (Å²) in [5.74, 6) is 2.20. The van der Waals surface area contributed by atoms with Gasteiger partial charge in [0.2, 0.25) is 0 Å². The molecular formula is C15H23NOS. The Balaban J connectivity index is 2.12. The summed E-state index contributed by atoms with van der Waals surface area (Å²) < 4.78 is 0. The molecule has 0 radical (unpaired) electrons. The molecule has 0 saturated carbocycles. The largest absolute Gasteiger partial charge is 0.508 e. The Hall–Kier alpha value is -0.670. The van der Waals surface area contributed by atoms with E-state index in [0.29, 0.717) is 17.7 Å². The summed E-state index contributed by atoms with van der Waals surface area (Å²) in [5.41, 5.74) is 3.81. The molecule has 2 rings (SSSR count). The first-order valence-corrected chi connectivity index (χ1v) is 8.09. The normalized spacial score (nSPS) is 22.2. The van der Waals surface area contributed by atoms with Crippen molar-refractivity contribution in [3.8, 4) is 5.75 Å². The van der Waals surface area contributed by atoms with Gasteiger partial charge in [-0.15, -0.1) is 0 Å². The lowest BCUT2D eigenvalue weighted by Gasteiger charge is -2.15. The Kier molecular flexibility index (Phi) is 4.57. The fourth-order valence-electron chi connectivity index (χ4n) is 3.02. The van der Waals surface area contributed by atoms with Crippen LogP contribution in [0.4, 0.5) is 0 Å². The zero-order valence-electron chi connectivity index (χ0n) is 11.5. The number of hydrogen-bond donors (Lipinski definition) is 2. The third kappa shape index (κ3) is 2.67. The number of rotatable bonds is 5. The van der Waals surface area contributed by atoms with Gasteiger partial charge in [0.15, 0.2) is 0 Å². The van der Waals surface area contributed by atoms with Crippen molar-refractivity contribution in [1.82, 2.24) is 5.32 Å². The maximum Gasteiger partial charge on any atom is 0.120 e. The zero-order chi connectivity index (χ0) is 13.1. The molecule has 100 valence electrons. The average molecular weight is 265 g/mol. The molecular weight excluding hydrogens is 242 g/mol. The highest BCUT2D eigenvalue weighted by molar-refractivity contribution is 7.98. The number of thioether (sulfide) groups is 1. The predicted octanol–water partition coefficient (Wildman–Crippen LogP) is 3.59. The van der Waals surface area contributed by atoms with Crippen molar-refractivity contribution in [3.05, 3.63) is 28.8 Å². The van der Waals surface area contributed by atoms with Gasteiger partial charge in [0.25, 0.3) is 0 Å². The van der Waals surface area contributed by atoms with Crippen molar-refractivity contribution in [2.24, 2.45) is 0 Å². The lowest BCUT2D eigenvalue weighted by molar-refractivity contribution is 0.446. The number of aryl methyl sites for hydroxylation is 1. The number of benzene rings is 1. The van der Waals surface area contributed by atoms with Crippen LogP contribution in [0.1, 0.15) is 48.4 Å². The Morgan fingerprint density at radius 2 is 2.17 bits per heavy atom. The van der Waals surface area contributed by atoms with Crippen LogP contribution in [0.15, 0.2) is 12.1 Å². The highest BCUT2D eigenvalue weighted by Gasteiger charge is 2.31. The van der Waals surface area contributed by atoms with Gasteiger partial charge in [-0.3, -0.25) is 0 Å². The van der Waals surface area contributed by atoms with Crippen LogP contribution < -0.4 is 5.32 Å². The summed E-state index contributed by atoms with van der Waals surface area (Å²) in [6.45, 7) is 5.44. The second-order valence-corrected chi connectivity index (χ2v) is 6.20. The number of phenolic OH excluding ortho intramolecular Hbond substituents is 1. The Bertz CT molecular complexity index is 419. The lowest BCUT2D eigenvalue weighted by atomic mass is 9.97. The first-order chi connectivity index (χ1) is 8.65. The molecule has 0 amide bonds. The summed E-state index contributed by atoms with van der Waals surface area (Å²) in [7, 11) is 0. The minimum atomic E-state index is 0.330. The zero-order valence-corrected chi connectivity index (χ0v) is 12.3. The molecule has 3 heteroatoms. The standard InChI is InChI=1S/C15H23NOS/c1-10-5-6-13(17)15-12(9-11(2)14(10)15)16-7-4-8-18-3/h5-6,11-12,16-17H,4,7-9H2,1-3H3. The first kappa shape index (κ1) is 13.8. The SMILES string of the molecule is CSCCCNC1CC(C)c2c(C)ccc(O)c21. The predicted molar refractivity (Wildman–Crippen MR) is 79.6 cm³/mol. The van der Waals surface area contributed by atoms with Gasteiger partial charge >= 0.3 is 0 Å². The van der Waals surface area contributed by atoms with Crippen LogP contribution in [0.2, 0.25) is 0 Å². The number of nitrogens with one attached hydrogen (secondary N) is 1. The topological polar surface area (TPSA) is 32.3 Å². The van der Waals surface area contributed by atoms with E-state index in [1.807, 2.05) is 23.9 Å². The molecule has 18 heavy (non-hydrogen) atoms. The molecule has 2 N–H and O–H groups in total. The minimum absolute atomic E-state index is 0.330. The van der Waals surface area contributed by atoms with Crippen molar-refractivity contribution in [3.63, 3.8) is 0 Å². The quantitative estimate of drug-likeness (QED) is 0.798. The fourth-order valence-corrected chi connectivity index (χ4v) is 3.45. The summed E-state index contributed by atoms with van der Waals surface area (Å²) in [4.78, 5) is 0. The van der Waals surface area contributed by atoms with E-state index < -0.39 is 0 Å². The monoisotopic (exact) mass is 265 g/mol. The molecule has 0 saturated heterocycles. The van der Waals surface area contributed by atoms with Crippen LogP contribution in [0.5, 0.6) is 5.75 Å². The highest BCUT2D eigenvalue weighted by atomic mass is 32.2. The van der Waals surface area contributed by atoms with Crippen molar-refractivity contribution in [2.75, 3.05) is 18.6 Å². The lowest BCUT2D eigenvalue weighted by Crippen LogP contribution is -2.21. The smallest absolute Gasteiger partial charge is 0.120 e. The van der Waals surface area contributed by atoms with Crippen LogP contribution >= 0.6 is 11.8 Å². The van der Waals surface area contributed by atoms with Gasteiger partial charge in [-0.1, -0.05) is 13.0 Å². The van der Waals surface area contributed by atoms with Crippen LogP contribution in [0.3, 0.4) is 0 Å². The second kappa shape index (κ2) is 5.98. The molecule has 0 bridgehead atoms. The van der Waals surface area contributed by atoms with Crippen LogP contribution in [0, 0.1) is 6.92 Å². The fraction of sp³-hybridized carbons (Fsp3) is 0.600. The first-order valence-electron chi connectivity index (χ1n) is 6.69. The molecule has 0 heterocycles. The molecule has 0 aliphatic heterocycles. The van der Waals surface area contributed by atoms with Crippen LogP contribution in [-0.4, -0.2) is 23.7 Å². The molecule has 1 aliphatic rings. The van der Waals surface area contributed by atoms with Crippen molar-refractivity contribution in [2.45, 2.75) is 38.6 Å². The van der Waals surface area contributed by atoms with Crippen LogP contribution in [0.25, 0.3) is 0 Å². The number of aromatic hydroxyl groups is 1. The third-order valence-electron chi connectivity index (χ3n) is 3.83. The highest BCUT2D eigenvalue weighted by Crippen LogP contribution is 2.45. The maximum absolute atomic E-state index is 10.1. The van der Waals surface area contributed by atoms with Gasteiger partial charge in [-0.05, 0) is 61.4 Å². The molecule has 2 atom stereocenters. The molecule has 1 aromatic carbocycles. The second-order valence-electron chi connectivity index (χ2n) is 5.22. The molecule has 2 unspecified atom stereocenters. The third-order valence-corrected chi connectivity index (χ3v) is 4.53. The van der Waals surface area contributed by atoms with E-state index in [4.69, 9.17) is 0 Å². The molecule has 2 nitrogen and oxygen atoms in total. The van der Waals surface area contributed by atoms with E-state index in [0.717, 1.165) is 18.5 Å². The molecule has 1 aliphatic carbocycles. The van der Waals surface area contributed by atoms with Crippen molar-refractivity contribution in [1.29, 1.82) is 0 Å². The molecule has 1 aromatic rings. The molecule has 0 spiro atoms. The Morgan fingerprint density at radius 3 is 2.89 bits per heavy atom. The number of fused-ring (bicyclic) bond motifs is 1. The summed E-state index contributed by atoms with van der Waals surface area (Å²) >= 11 is 1.89. The number of phenols is 1. The minimum Gasteiger partial charge on any atom is -0.508 e. The van der Waals surface area contributed by atoms with Gasteiger partial charge in [0, 0.05) is 11.6 Å². The van der Waals surface area contributed by atoms with E-state index in [9.17, 15) is 5.11 Å². The van der Waals surface area contributed by atoms with E-state index in [1.54, 1.807) is 0 Å². The van der Waals surface area contributed by atoms with Crippen molar-refractivity contribution >= 4 is 11.8 Å². The van der Waals surface area contributed by atoms with Gasteiger partial charge in [-0.25, -0.2) is 0 Å². The van der Waals surface area contributed by atoms with Gasteiger partial charge in [0.1, 0.15) is 5.75 Å². The van der Waals surface area contributed by atoms with E-state index >= 15 is 0 Å². The van der Waals surface area contributed by atoms with E-state index in [-0.39, 0.29) is 0 Å². The van der Waals surface area contributed by atoms with Gasteiger partial charge in [0.05, 0.1) is 0 Å².